The zero-order valence-electron chi connectivity index (χ0n) is 15.1. The highest BCUT2D eigenvalue weighted by atomic mass is 16.6. The second kappa shape index (κ2) is 8.96. The molecule has 0 heterocycles. The van der Waals surface area contributed by atoms with Gasteiger partial charge in [-0.15, -0.1) is 0 Å². The number of benzene rings is 3. The minimum absolute atomic E-state index is 0.214. The first kappa shape index (κ1) is 18.6. The summed E-state index contributed by atoms with van der Waals surface area (Å²) in [7, 11) is 1.63. The zero-order chi connectivity index (χ0) is 19.1. The van der Waals surface area contributed by atoms with Gasteiger partial charge in [-0.1, -0.05) is 72.8 Å². The molecule has 0 bridgehead atoms. The maximum Gasteiger partial charge on any atom is 0.257 e. The molecule has 0 aliphatic carbocycles. The fraction of sp³-hybridized carbons (Fsp3) is 0.182. The Balaban J connectivity index is 1.89. The fourth-order valence-corrected chi connectivity index (χ4v) is 3.13. The van der Waals surface area contributed by atoms with Crippen LogP contribution >= 0.6 is 0 Å². The minimum atomic E-state index is -0.883. The van der Waals surface area contributed by atoms with Gasteiger partial charge < -0.3 is 4.74 Å². The zero-order valence-corrected chi connectivity index (χ0v) is 15.1. The van der Waals surface area contributed by atoms with E-state index in [1.54, 1.807) is 19.2 Å². The van der Waals surface area contributed by atoms with Gasteiger partial charge in [0.05, 0.1) is 7.11 Å². The summed E-state index contributed by atoms with van der Waals surface area (Å²) in [6.07, 6.45) is 0. The van der Waals surface area contributed by atoms with E-state index in [-0.39, 0.29) is 4.92 Å². The Morgan fingerprint density at radius 3 is 1.96 bits per heavy atom. The number of rotatable bonds is 8. The van der Waals surface area contributed by atoms with E-state index in [4.69, 9.17) is 4.74 Å². The third kappa shape index (κ3) is 4.71. The van der Waals surface area contributed by atoms with Crippen LogP contribution in [0, 0.1) is 10.1 Å². The Morgan fingerprint density at radius 1 is 0.889 bits per heavy atom. The molecule has 0 radical (unpaired) electrons. The third-order valence-corrected chi connectivity index (χ3v) is 4.53. The summed E-state index contributed by atoms with van der Waals surface area (Å²) >= 11 is 0. The number of nitrogens with one attached hydrogen (secondary N) is 1. The number of ether oxygens (including phenoxy) is 1. The van der Waals surface area contributed by atoms with Gasteiger partial charge in [-0.2, -0.15) is 0 Å². The maximum absolute atomic E-state index is 12.0. The number of hydrogen-bond donors (Lipinski definition) is 1. The van der Waals surface area contributed by atoms with Crippen molar-refractivity contribution in [3.8, 4) is 5.75 Å². The molecule has 2 atom stereocenters. The monoisotopic (exact) mass is 362 g/mol. The lowest BCUT2D eigenvalue weighted by molar-refractivity contribution is -0.535. The number of hydrogen-bond acceptors (Lipinski definition) is 4. The van der Waals surface area contributed by atoms with E-state index in [1.165, 1.54) is 0 Å². The predicted molar refractivity (Wildman–Crippen MR) is 105 cm³/mol. The van der Waals surface area contributed by atoms with Crippen LogP contribution in [-0.2, 0) is 6.54 Å². The summed E-state index contributed by atoms with van der Waals surface area (Å²) in [5.74, 6) is 0.783. The van der Waals surface area contributed by atoms with E-state index in [1.807, 2.05) is 72.8 Å². The molecule has 0 fully saturated rings. The molecule has 3 rings (SSSR count). The van der Waals surface area contributed by atoms with Crippen LogP contribution in [-0.4, -0.2) is 12.0 Å². The van der Waals surface area contributed by atoms with Crippen LogP contribution in [0.2, 0.25) is 0 Å². The Bertz CT molecular complexity index is 852. The molecule has 0 unspecified atom stereocenters. The molecule has 0 saturated carbocycles. The van der Waals surface area contributed by atoms with Gasteiger partial charge in [0, 0.05) is 17.0 Å². The molecular formula is C22H22N2O3. The molecule has 5 nitrogen and oxygen atoms in total. The molecule has 0 aliphatic rings. The summed E-state index contributed by atoms with van der Waals surface area (Å²) in [4.78, 5) is 11.7. The van der Waals surface area contributed by atoms with Gasteiger partial charge in [0.2, 0.25) is 0 Å². The molecule has 5 heteroatoms. The van der Waals surface area contributed by atoms with E-state index in [0.29, 0.717) is 12.1 Å². The molecule has 0 saturated heterocycles. The minimum Gasteiger partial charge on any atom is -0.497 e. The lowest BCUT2D eigenvalue weighted by Crippen LogP contribution is -2.31. The Hall–Kier alpha value is -3.18. The molecule has 3 aromatic carbocycles. The molecular weight excluding hydrogens is 340 g/mol. The van der Waals surface area contributed by atoms with Gasteiger partial charge in [-0.05, 0) is 23.3 Å². The van der Waals surface area contributed by atoms with Crippen molar-refractivity contribution >= 4 is 0 Å². The second-order valence-electron chi connectivity index (χ2n) is 6.26. The van der Waals surface area contributed by atoms with Crippen molar-refractivity contribution in [2.75, 3.05) is 7.11 Å². The molecule has 0 aliphatic heterocycles. The lowest BCUT2D eigenvalue weighted by Gasteiger charge is -2.23. The molecule has 0 spiro atoms. The van der Waals surface area contributed by atoms with Crippen LogP contribution < -0.4 is 10.1 Å². The van der Waals surface area contributed by atoms with Crippen LogP contribution in [0.25, 0.3) is 0 Å². The van der Waals surface area contributed by atoms with Crippen molar-refractivity contribution in [3.05, 3.63) is 112 Å². The van der Waals surface area contributed by atoms with Gasteiger partial charge >= 0.3 is 0 Å². The molecule has 3 aromatic rings. The highest BCUT2D eigenvalue weighted by Crippen LogP contribution is 2.32. The largest absolute Gasteiger partial charge is 0.497 e. The number of methoxy groups -OCH3 is 1. The quantitative estimate of drug-likeness (QED) is 0.472. The second-order valence-corrected chi connectivity index (χ2v) is 6.26. The summed E-state index contributed by atoms with van der Waals surface area (Å²) in [5, 5.41) is 15.3. The van der Waals surface area contributed by atoms with Crippen molar-refractivity contribution in [2.24, 2.45) is 0 Å². The van der Waals surface area contributed by atoms with Crippen LogP contribution in [0.15, 0.2) is 84.9 Å². The Kier molecular flexibility index (Phi) is 6.18. The smallest absolute Gasteiger partial charge is 0.257 e. The van der Waals surface area contributed by atoms with E-state index in [2.05, 4.69) is 5.32 Å². The van der Waals surface area contributed by atoms with Crippen molar-refractivity contribution in [1.29, 1.82) is 0 Å². The third-order valence-electron chi connectivity index (χ3n) is 4.53. The standard InChI is InChI=1S/C22H22N2O3/c1-27-20-14-12-17(13-15-20)16-23-21(18-8-4-2-5-9-18)22(24(25)26)19-10-6-3-7-11-19/h2-15,21-23H,16H2,1H3/t21-,22+/m0/s1. The summed E-state index contributed by atoms with van der Waals surface area (Å²) < 4.78 is 5.18. The summed E-state index contributed by atoms with van der Waals surface area (Å²) in [5.41, 5.74) is 2.60. The van der Waals surface area contributed by atoms with Crippen LogP contribution in [0.3, 0.4) is 0 Å². The van der Waals surface area contributed by atoms with Crippen molar-refractivity contribution < 1.29 is 9.66 Å². The van der Waals surface area contributed by atoms with E-state index < -0.39 is 12.1 Å². The molecule has 1 N–H and O–H groups in total. The van der Waals surface area contributed by atoms with Gasteiger partial charge in [0.25, 0.3) is 6.04 Å². The fourth-order valence-electron chi connectivity index (χ4n) is 3.13. The van der Waals surface area contributed by atoms with Crippen molar-refractivity contribution in [1.82, 2.24) is 5.32 Å². The molecule has 0 amide bonds. The topological polar surface area (TPSA) is 64.4 Å². The van der Waals surface area contributed by atoms with E-state index >= 15 is 0 Å². The highest BCUT2D eigenvalue weighted by molar-refractivity contribution is 5.29. The SMILES string of the molecule is COc1ccc(CN[C@@H](c2ccccc2)[C@@H](c2ccccc2)[N+](=O)[O-])cc1. The first-order valence-electron chi connectivity index (χ1n) is 8.78. The highest BCUT2D eigenvalue weighted by Gasteiger charge is 2.34. The van der Waals surface area contributed by atoms with Gasteiger partial charge in [-0.25, -0.2) is 0 Å². The normalized spacial score (nSPS) is 12.9. The number of nitrogens with zero attached hydrogens (tertiary/aromatic N) is 1. The van der Waals surface area contributed by atoms with Crippen LogP contribution in [0.4, 0.5) is 0 Å². The first-order chi connectivity index (χ1) is 13.2. The van der Waals surface area contributed by atoms with Crippen LogP contribution in [0.5, 0.6) is 5.75 Å². The molecule has 27 heavy (non-hydrogen) atoms. The van der Waals surface area contributed by atoms with Crippen molar-refractivity contribution in [2.45, 2.75) is 18.6 Å². The average molecular weight is 362 g/mol. The lowest BCUT2D eigenvalue weighted by atomic mass is 9.93. The number of nitro groups is 1. The van der Waals surface area contributed by atoms with Gasteiger partial charge in [0.15, 0.2) is 0 Å². The van der Waals surface area contributed by atoms with Gasteiger partial charge in [-0.3, -0.25) is 15.4 Å². The maximum atomic E-state index is 12.0. The van der Waals surface area contributed by atoms with E-state index in [9.17, 15) is 10.1 Å². The predicted octanol–water partition coefficient (Wildman–Crippen LogP) is 4.54. The van der Waals surface area contributed by atoms with Gasteiger partial charge in [0.1, 0.15) is 11.8 Å². The molecule has 138 valence electrons. The van der Waals surface area contributed by atoms with Crippen molar-refractivity contribution in [3.63, 3.8) is 0 Å². The Labute approximate surface area is 158 Å². The summed E-state index contributed by atoms with van der Waals surface area (Å²) in [6, 6.07) is 25.0. The first-order valence-corrected chi connectivity index (χ1v) is 8.78. The van der Waals surface area contributed by atoms with Crippen LogP contribution in [0.1, 0.15) is 28.8 Å². The average Bonchev–Trinajstić information content (AvgIpc) is 2.72. The molecule has 0 aromatic heterocycles. The van der Waals surface area contributed by atoms with E-state index in [0.717, 1.165) is 16.9 Å². The Morgan fingerprint density at radius 2 is 1.44 bits per heavy atom. The summed E-state index contributed by atoms with van der Waals surface area (Å²) in [6.45, 7) is 0.515.